The molecule has 1 fully saturated rings. The Labute approximate surface area is 101 Å². The molecule has 12 heavy (non-hydrogen) atoms. The molecule has 4 unspecified atom stereocenters. The molecule has 0 heterocycles. The summed E-state index contributed by atoms with van der Waals surface area (Å²) in [4.78, 5) is -1.13. The van der Waals surface area contributed by atoms with Gasteiger partial charge in [-0.2, -0.15) is 0 Å². The molecule has 0 aliphatic heterocycles. The zero-order valence-electron chi connectivity index (χ0n) is 5.73. The number of alkyl halides is 6. The highest BCUT2D eigenvalue weighted by Gasteiger charge is 2.53. The lowest BCUT2D eigenvalue weighted by molar-refractivity contribution is 0.221. The number of hydrogen-bond acceptors (Lipinski definition) is 0. The molecule has 0 aromatic rings. The second-order valence-corrected chi connectivity index (χ2v) is 6.05. The molecule has 1 aliphatic rings. The van der Waals surface area contributed by atoms with E-state index < -0.39 is 9.67 Å². The summed E-state index contributed by atoms with van der Waals surface area (Å²) >= 11 is 34.5. The van der Waals surface area contributed by atoms with Crippen LogP contribution in [0.5, 0.6) is 0 Å². The summed E-state index contributed by atoms with van der Waals surface area (Å²) < 4.78 is 0. The van der Waals surface area contributed by atoms with Crippen LogP contribution in [0.15, 0.2) is 0 Å². The molecule has 4 atom stereocenters. The van der Waals surface area contributed by atoms with Crippen molar-refractivity contribution in [2.75, 3.05) is 0 Å². The molecule has 1 saturated carbocycles. The monoisotopic (exact) mass is 288 g/mol. The van der Waals surface area contributed by atoms with E-state index in [-0.39, 0.29) is 22.6 Å². The van der Waals surface area contributed by atoms with Crippen molar-refractivity contribution in [2.24, 2.45) is 11.8 Å². The molecule has 0 N–H and O–H groups in total. The third-order valence-corrected chi connectivity index (χ3v) is 4.48. The second kappa shape index (κ2) is 4.51. The Morgan fingerprint density at radius 2 is 0.917 bits per heavy atom. The first-order chi connectivity index (χ1) is 5.46. The van der Waals surface area contributed by atoms with E-state index >= 15 is 0 Å². The normalized spacial score (nSPS) is 42.0. The van der Waals surface area contributed by atoms with E-state index in [0.29, 0.717) is 0 Å². The molecule has 1 aliphatic carbocycles. The molecule has 0 bridgehead atoms. The lowest BCUT2D eigenvalue weighted by Gasteiger charge is -2.47. The summed E-state index contributed by atoms with van der Waals surface area (Å²) in [5.41, 5.74) is 0. The first kappa shape index (κ1) is 11.8. The Morgan fingerprint density at radius 3 is 1.08 bits per heavy atom. The molecule has 0 amide bonds. The van der Waals surface area contributed by atoms with Crippen LogP contribution in [0.4, 0.5) is 0 Å². The molecule has 72 valence electrons. The van der Waals surface area contributed by atoms with Crippen molar-refractivity contribution in [3.63, 3.8) is 0 Å². The van der Waals surface area contributed by atoms with Crippen LogP contribution in [-0.4, -0.2) is 20.4 Å². The van der Waals surface area contributed by atoms with Crippen LogP contribution in [0.25, 0.3) is 0 Å². The molecule has 0 radical (unpaired) electrons. The molecule has 0 spiro atoms. The van der Waals surface area contributed by atoms with E-state index in [1.807, 2.05) is 0 Å². The first-order valence-electron chi connectivity index (χ1n) is 3.31. The van der Waals surface area contributed by atoms with Gasteiger partial charge in [0.2, 0.25) is 0 Å². The van der Waals surface area contributed by atoms with Crippen molar-refractivity contribution >= 4 is 69.6 Å². The molecule has 0 aromatic carbocycles. The molecule has 1 rings (SSSR count). The average Bonchev–Trinajstić information content (AvgIpc) is 1.96. The SMILES string of the molecule is ClC(Cl)C1C(Cl)C(Cl)C1C(Cl)Cl. The fraction of sp³-hybridized carbons (Fsp3) is 1.00. The van der Waals surface area contributed by atoms with Crippen LogP contribution >= 0.6 is 69.6 Å². The van der Waals surface area contributed by atoms with E-state index in [4.69, 9.17) is 69.6 Å². The maximum atomic E-state index is 5.88. The van der Waals surface area contributed by atoms with Crippen molar-refractivity contribution in [1.29, 1.82) is 0 Å². The summed E-state index contributed by atoms with van der Waals surface area (Å²) in [7, 11) is 0. The zero-order chi connectivity index (χ0) is 9.46. The van der Waals surface area contributed by atoms with E-state index in [0.717, 1.165) is 0 Å². The maximum absolute atomic E-state index is 5.88. The largest absolute Gasteiger partial charge is 0.121 e. The van der Waals surface area contributed by atoms with Gasteiger partial charge in [0.25, 0.3) is 0 Å². The van der Waals surface area contributed by atoms with Gasteiger partial charge in [0.05, 0.1) is 10.8 Å². The van der Waals surface area contributed by atoms with Gasteiger partial charge in [0, 0.05) is 11.8 Å². The summed E-state index contributed by atoms with van der Waals surface area (Å²) in [6.07, 6.45) is 0. The van der Waals surface area contributed by atoms with Gasteiger partial charge in [-0.05, 0) is 0 Å². The quantitative estimate of drug-likeness (QED) is 0.673. The van der Waals surface area contributed by atoms with Gasteiger partial charge in [-0.25, -0.2) is 0 Å². The third-order valence-electron chi connectivity index (χ3n) is 2.07. The lowest BCUT2D eigenvalue weighted by atomic mass is 9.74. The van der Waals surface area contributed by atoms with Crippen LogP contribution in [0.3, 0.4) is 0 Å². The predicted molar refractivity (Wildman–Crippen MR) is 57.3 cm³/mol. The van der Waals surface area contributed by atoms with Crippen LogP contribution in [-0.2, 0) is 0 Å². The van der Waals surface area contributed by atoms with E-state index in [9.17, 15) is 0 Å². The Bertz CT molecular complexity index is 140. The van der Waals surface area contributed by atoms with Gasteiger partial charge in [-0.15, -0.1) is 69.6 Å². The molecule has 6 heteroatoms. The third kappa shape index (κ3) is 2.04. The lowest BCUT2D eigenvalue weighted by Crippen LogP contribution is -2.55. The predicted octanol–water partition coefficient (Wildman–Crippen LogP) is 4.05. The molecule has 0 aromatic heterocycles. The fourth-order valence-corrected chi connectivity index (χ4v) is 3.88. The molecular formula is C6H6Cl6. The van der Waals surface area contributed by atoms with Crippen molar-refractivity contribution in [1.82, 2.24) is 0 Å². The Hall–Kier alpha value is 1.74. The van der Waals surface area contributed by atoms with E-state index in [2.05, 4.69) is 0 Å². The van der Waals surface area contributed by atoms with Crippen LogP contribution in [0.2, 0.25) is 0 Å². The van der Waals surface area contributed by atoms with Crippen molar-refractivity contribution in [3.8, 4) is 0 Å². The van der Waals surface area contributed by atoms with Crippen molar-refractivity contribution in [2.45, 2.75) is 20.4 Å². The maximum Gasteiger partial charge on any atom is 0.112 e. The number of rotatable bonds is 2. The summed E-state index contributed by atoms with van der Waals surface area (Å²) in [6.45, 7) is 0. The van der Waals surface area contributed by atoms with Gasteiger partial charge in [0.1, 0.15) is 9.67 Å². The van der Waals surface area contributed by atoms with E-state index in [1.165, 1.54) is 0 Å². The van der Waals surface area contributed by atoms with Crippen LogP contribution in [0.1, 0.15) is 0 Å². The second-order valence-electron chi connectivity index (χ2n) is 2.71. The van der Waals surface area contributed by atoms with Crippen LogP contribution in [0, 0.1) is 11.8 Å². The highest BCUT2D eigenvalue weighted by atomic mass is 35.5. The minimum Gasteiger partial charge on any atom is -0.121 e. The van der Waals surface area contributed by atoms with Gasteiger partial charge in [-0.1, -0.05) is 0 Å². The van der Waals surface area contributed by atoms with E-state index in [1.54, 1.807) is 0 Å². The van der Waals surface area contributed by atoms with Crippen molar-refractivity contribution in [3.05, 3.63) is 0 Å². The minimum atomic E-state index is -0.563. The van der Waals surface area contributed by atoms with Gasteiger partial charge >= 0.3 is 0 Å². The standard InChI is InChI=1S/C6H6Cl6/c7-3-1(5(9)10)2(4(3)8)6(11)12/h1-6H. The molecular weight excluding hydrogens is 285 g/mol. The van der Waals surface area contributed by atoms with Gasteiger partial charge in [-0.3, -0.25) is 0 Å². The summed E-state index contributed by atoms with van der Waals surface area (Å²) in [5.74, 6) is -0.227. The Balaban J connectivity index is 2.62. The Kier molecular flexibility index (Phi) is 4.44. The highest BCUT2D eigenvalue weighted by Crippen LogP contribution is 2.50. The fourth-order valence-electron chi connectivity index (χ4n) is 1.32. The highest BCUT2D eigenvalue weighted by molar-refractivity contribution is 6.47. The van der Waals surface area contributed by atoms with Crippen molar-refractivity contribution < 1.29 is 0 Å². The minimum absolute atomic E-state index is 0.113. The number of halogens is 6. The summed E-state index contributed by atoms with van der Waals surface area (Å²) in [6, 6.07) is 0. The topological polar surface area (TPSA) is 0 Å². The van der Waals surface area contributed by atoms with Gasteiger partial charge < -0.3 is 0 Å². The Morgan fingerprint density at radius 1 is 0.667 bits per heavy atom. The molecule has 0 saturated heterocycles. The van der Waals surface area contributed by atoms with Gasteiger partial charge in [0.15, 0.2) is 0 Å². The average molecular weight is 291 g/mol. The zero-order valence-corrected chi connectivity index (χ0v) is 10.3. The van der Waals surface area contributed by atoms with Crippen LogP contribution < -0.4 is 0 Å². The number of hydrogen-bond donors (Lipinski definition) is 0. The smallest absolute Gasteiger partial charge is 0.112 e. The summed E-state index contributed by atoms with van der Waals surface area (Å²) in [5, 5.41) is -0.478. The first-order valence-corrected chi connectivity index (χ1v) is 5.93. The molecule has 0 nitrogen and oxygen atoms in total.